The van der Waals surface area contributed by atoms with Gasteiger partial charge in [-0.3, -0.25) is 4.79 Å². The van der Waals surface area contributed by atoms with Gasteiger partial charge in [-0.15, -0.1) is 0 Å². The number of carbonyl (C=O) groups is 2. The molecule has 1 aromatic carbocycles. The van der Waals surface area contributed by atoms with Crippen LogP contribution >= 0.6 is 0 Å². The molecule has 0 radical (unpaired) electrons. The van der Waals surface area contributed by atoms with E-state index in [2.05, 4.69) is 5.32 Å². The molecular weight excluding hydrogens is 246 g/mol. The summed E-state index contributed by atoms with van der Waals surface area (Å²) in [5.41, 5.74) is 0.441. The Balaban J connectivity index is 2.10. The summed E-state index contributed by atoms with van der Waals surface area (Å²) in [7, 11) is 0. The van der Waals surface area contributed by atoms with Crippen molar-refractivity contribution in [1.82, 2.24) is 0 Å². The number of rotatable bonds is 3. The van der Waals surface area contributed by atoms with Crippen LogP contribution in [0.15, 0.2) is 36.4 Å². The first kappa shape index (κ1) is 13.1. The number of hydrogen-bond donors (Lipinski definition) is 2. The normalized spacial score (nSPS) is 21.9. The fourth-order valence-corrected chi connectivity index (χ4v) is 2.18. The van der Waals surface area contributed by atoms with E-state index in [1.54, 1.807) is 24.3 Å². The molecule has 1 aliphatic rings. The number of allylic oxidation sites excluding steroid dienone is 2. The molecule has 0 heterocycles. The van der Waals surface area contributed by atoms with Gasteiger partial charge >= 0.3 is 0 Å². The van der Waals surface area contributed by atoms with Crippen LogP contribution in [0.4, 0.5) is 5.69 Å². The van der Waals surface area contributed by atoms with Crippen molar-refractivity contribution >= 4 is 17.6 Å². The van der Waals surface area contributed by atoms with Crippen LogP contribution in [0.2, 0.25) is 0 Å². The highest BCUT2D eigenvalue weighted by atomic mass is 16.4. The summed E-state index contributed by atoms with van der Waals surface area (Å²) in [5, 5.41) is 22.9. The molecule has 0 fully saturated rings. The summed E-state index contributed by atoms with van der Waals surface area (Å²) in [6.07, 6.45) is 4.23. The predicted molar refractivity (Wildman–Crippen MR) is 67.1 cm³/mol. The molecule has 5 nitrogen and oxygen atoms in total. The topological polar surface area (TPSA) is 89.5 Å². The first-order valence-corrected chi connectivity index (χ1v) is 6.03. The highest BCUT2D eigenvalue weighted by Gasteiger charge is 2.29. The van der Waals surface area contributed by atoms with Crippen molar-refractivity contribution in [3.63, 3.8) is 0 Å². The fraction of sp³-hybridized carbons (Fsp3) is 0.286. The number of phenols is 1. The lowest BCUT2D eigenvalue weighted by Crippen LogP contribution is -2.41. The number of carbonyl (C=O) groups excluding carboxylic acids is 2. The van der Waals surface area contributed by atoms with E-state index in [0.717, 1.165) is 0 Å². The highest BCUT2D eigenvalue weighted by Crippen LogP contribution is 2.27. The number of nitrogens with one attached hydrogen (secondary N) is 1. The van der Waals surface area contributed by atoms with Gasteiger partial charge in [-0.2, -0.15) is 0 Å². The van der Waals surface area contributed by atoms with Gasteiger partial charge in [0.15, 0.2) is 0 Å². The minimum absolute atomic E-state index is 0.0396. The van der Waals surface area contributed by atoms with E-state index >= 15 is 0 Å². The third-order valence-corrected chi connectivity index (χ3v) is 3.19. The number of amides is 1. The molecule has 0 saturated carbocycles. The van der Waals surface area contributed by atoms with Crippen molar-refractivity contribution in [2.45, 2.75) is 12.8 Å². The number of hydrogen-bond acceptors (Lipinski definition) is 4. The average molecular weight is 260 g/mol. The van der Waals surface area contributed by atoms with Crippen molar-refractivity contribution in [2.24, 2.45) is 11.8 Å². The fourth-order valence-electron chi connectivity index (χ4n) is 2.18. The molecule has 100 valence electrons. The summed E-state index contributed by atoms with van der Waals surface area (Å²) in [6.45, 7) is 0. The Labute approximate surface area is 110 Å². The zero-order valence-corrected chi connectivity index (χ0v) is 10.2. The summed E-state index contributed by atoms with van der Waals surface area (Å²) < 4.78 is 0. The van der Waals surface area contributed by atoms with E-state index < -0.39 is 17.8 Å². The monoisotopic (exact) mass is 260 g/mol. The molecule has 2 rings (SSSR count). The number of carboxylic acid groups (broad SMARTS) is 1. The van der Waals surface area contributed by atoms with Gasteiger partial charge in [-0.05, 0) is 25.0 Å². The SMILES string of the molecule is O=C([O-])[C@H]1CC=CC[C@H]1C(=O)Nc1cccc(O)c1. The maximum absolute atomic E-state index is 12.1. The smallest absolute Gasteiger partial charge is 0.228 e. The Kier molecular flexibility index (Phi) is 3.85. The molecule has 0 aromatic heterocycles. The van der Waals surface area contributed by atoms with Gasteiger partial charge in [0.05, 0.1) is 5.92 Å². The standard InChI is InChI=1S/C14H15NO4/c16-10-5-3-4-9(8-10)15-13(17)11-6-1-2-7-12(11)14(18)19/h1-5,8,11-12,16H,6-7H2,(H,15,17)(H,18,19)/p-1/t11-,12+/m1/s1. The minimum Gasteiger partial charge on any atom is -0.550 e. The quantitative estimate of drug-likeness (QED) is 0.781. The molecule has 1 aromatic rings. The molecule has 0 spiro atoms. The number of anilines is 1. The van der Waals surface area contributed by atoms with Gasteiger partial charge in [-0.25, -0.2) is 0 Å². The van der Waals surface area contributed by atoms with Gasteiger partial charge in [0.25, 0.3) is 0 Å². The molecule has 0 aliphatic heterocycles. The maximum Gasteiger partial charge on any atom is 0.228 e. The lowest BCUT2D eigenvalue weighted by Gasteiger charge is -2.28. The largest absolute Gasteiger partial charge is 0.550 e. The summed E-state index contributed by atoms with van der Waals surface area (Å²) >= 11 is 0. The van der Waals surface area contributed by atoms with E-state index in [0.29, 0.717) is 18.5 Å². The van der Waals surface area contributed by atoms with Gasteiger partial charge in [0, 0.05) is 23.6 Å². The van der Waals surface area contributed by atoms with E-state index in [1.807, 2.05) is 0 Å². The molecule has 5 heteroatoms. The molecule has 1 aliphatic carbocycles. The van der Waals surface area contributed by atoms with Crippen LogP contribution in [0.3, 0.4) is 0 Å². The second kappa shape index (κ2) is 5.56. The van der Waals surface area contributed by atoms with Gasteiger partial charge in [0.2, 0.25) is 5.91 Å². The molecular formula is C14H14NO4-. The summed E-state index contributed by atoms with van der Waals surface area (Å²) in [6, 6.07) is 6.12. The summed E-state index contributed by atoms with van der Waals surface area (Å²) in [5.74, 6) is -2.98. The van der Waals surface area contributed by atoms with Crippen LogP contribution in [0.5, 0.6) is 5.75 Å². The molecule has 0 unspecified atom stereocenters. The van der Waals surface area contributed by atoms with E-state index in [1.165, 1.54) is 12.1 Å². The molecule has 2 N–H and O–H groups in total. The average Bonchev–Trinajstić information content (AvgIpc) is 2.38. The van der Waals surface area contributed by atoms with E-state index in [9.17, 15) is 19.8 Å². The third kappa shape index (κ3) is 3.13. The van der Waals surface area contributed by atoms with Crippen LogP contribution in [0, 0.1) is 11.8 Å². The maximum atomic E-state index is 12.1. The van der Waals surface area contributed by atoms with Gasteiger partial charge in [-0.1, -0.05) is 18.2 Å². The number of benzene rings is 1. The Morgan fingerprint density at radius 1 is 1.21 bits per heavy atom. The van der Waals surface area contributed by atoms with Crippen molar-refractivity contribution < 1.29 is 19.8 Å². The van der Waals surface area contributed by atoms with Crippen LogP contribution in [0.25, 0.3) is 0 Å². The second-order valence-corrected chi connectivity index (χ2v) is 4.51. The lowest BCUT2D eigenvalue weighted by atomic mass is 9.82. The molecule has 0 saturated heterocycles. The van der Waals surface area contributed by atoms with Gasteiger partial charge < -0.3 is 20.3 Å². The van der Waals surface area contributed by atoms with Gasteiger partial charge in [0.1, 0.15) is 5.75 Å². The Bertz CT molecular complexity index is 524. The van der Waals surface area contributed by atoms with Crippen molar-refractivity contribution in [2.75, 3.05) is 5.32 Å². The Morgan fingerprint density at radius 3 is 2.53 bits per heavy atom. The van der Waals surface area contributed by atoms with Crippen LogP contribution in [0.1, 0.15) is 12.8 Å². The van der Waals surface area contributed by atoms with Crippen LogP contribution in [-0.2, 0) is 9.59 Å². The highest BCUT2D eigenvalue weighted by molar-refractivity contribution is 5.95. The van der Waals surface area contributed by atoms with Crippen LogP contribution in [-0.4, -0.2) is 17.0 Å². The zero-order valence-electron chi connectivity index (χ0n) is 10.2. The zero-order chi connectivity index (χ0) is 13.8. The van der Waals surface area contributed by atoms with Crippen molar-refractivity contribution in [3.05, 3.63) is 36.4 Å². The minimum atomic E-state index is -1.21. The Morgan fingerprint density at radius 2 is 1.89 bits per heavy atom. The molecule has 0 bridgehead atoms. The lowest BCUT2D eigenvalue weighted by molar-refractivity contribution is -0.313. The molecule has 2 atom stereocenters. The number of carboxylic acids is 1. The Hall–Kier alpha value is -2.30. The van der Waals surface area contributed by atoms with E-state index in [-0.39, 0.29) is 11.7 Å². The second-order valence-electron chi connectivity index (χ2n) is 4.51. The van der Waals surface area contributed by atoms with E-state index in [4.69, 9.17) is 0 Å². The summed E-state index contributed by atoms with van der Waals surface area (Å²) in [4.78, 5) is 23.1. The number of aromatic hydroxyl groups is 1. The number of aliphatic carboxylic acids is 1. The van der Waals surface area contributed by atoms with Crippen LogP contribution < -0.4 is 10.4 Å². The van der Waals surface area contributed by atoms with Crippen molar-refractivity contribution in [3.8, 4) is 5.75 Å². The van der Waals surface area contributed by atoms with Crippen molar-refractivity contribution in [1.29, 1.82) is 0 Å². The first-order chi connectivity index (χ1) is 9.08. The molecule has 1 amide bonds. The molecule has 19 heavy (non-hydrogen) atoms. The first-order valence-electron chi connectivity index (χ1n) is 6.03. The third-order valence-electron chi connectivity index (χ3n) is 3.19. The predicted octanol–water partition coefficient (Wildman–Crippen LogP) is 0.663. The number of phenolic OH excluding ortho intramolecular Hbond substituents is 1.